The van der Waals surface area contributed by atoms with Crippen LogP contribution in [0.2, 0.25) is 0 Å². The van der Waals surface area contributed by atoms with Crippen molar-refractivity contribution in [3.05, 3.63) is 59.7 Å². The van der Waals surface area contributed by atoms with Crippen LogP contribution in [0, 0.1) is 11.6 Å². The zero-order valence-electron chi connectivity index (χ0n) is 10.3. The van der Waals surface area contributed by atoms with Crippen LogP contribution < -0.4 is 10.5 Å². The zero-order valence-corrected chi connectivity index (χ0v) is 11.1. The molecule has 106 valence electrons. The summed E-state index contributed by atoms with van der Waals surface area (Å²) >= 11 is 0. The molecule has 2 aromatic carbocycles. The normalized spacial score (nSPS) is 11.3. The number of sulfonamides is 1. The third-order valence-electron chi connectivity index (χ3n) is 2.64. The predicted octanol–water partition coefficient (Wildman–Crippen LogP) is 2.22. The lowest BCUT2D eigenvalue weighted by Crippen LogP contribution is -2.14. The monoisotopic (exact) mass is 298 g/mol. The molecule has 0 saturated heterocycles. The molecule has 0 aliphatic carbocycles. The second kappa shape index (κ2) is 5.56. The van der Waals surface area contributed by atoms with Crippen LogP contribution in [0.25, 0.3) is 0 Å². The van der Waals surface area contributed by atoms with Gasteiger partial charge in [-0.2, -0.15) is 0 Å². The fourth-order valence-electron chi connectivity index (χ4n) is 1.59. The number of nitrogens with two attached hydrogens (primary N) is 1. The molecule has 0 bridgehead atoms. The van der Waals surface area contributed by atoms with E-state index in [0.717, 1.165) is 30.3 Å². The van der Waals surface area contributed by atoms with Crippen LogP contribution in [0.4, 0.5) is 14.5 Å². The van der Waals surface area contributed by atoms with Gasteiger partial charge in [0, 0.05) is 6.54 Å². The van der Waals surface area contributed by atoms with E-state index >= 15 is 0 Å². The molecule has 2 aromatic rings. The highest BCUT2D eigenvalue weighted by atomic mass is 32.2. The molecule has 0 aliphatic heterocycles. The van der Waals surface area contributed by atoms with E-state index in [0.29, 0.717) is 5.56 Å². The van der Waals surface area contributed by atoms with Gasteiger partial charge in [-0.1, -0.05) is 6.07 Å². The number of rotatable bonds is 4. The van der Waals surface area contributed by atoms with Gasteiger partial charge in [0.05, 0.1) is 10.6 Å². The van der Waals surface area contributed by atoms with Crippen molar-refractivity contribution in [2.24, 2.45) is 5.73 Å². The largest absolute Gasteiger partial charge is 0.326 e. The van der Waals surface area contributed by atoms with Crippen molar-refractivity contribution in [2.45, 2.75) is 11.4 Å². The quantitative estimate of drug-likeness (QED) is 0.909. The van der Waals surface area contributed by atoms with E-state index in [2.05, 4.69) is 4.72 Å². The molecule has 0 fully saturated rings. The topological polar surface area (TPSA) is 72.2 Å². The number of nitrogens with one attached hydrogen (secondary N) is 1. The second-order valence-electron chi connectivity index (χ2n) is 4.08. The fourth-order valence-corrected chi connectivity index (χ4v) is 2.65. The first kappa shape index (κ1) is 14.4. The second-order valence-corrected chi connectivity index (χ2v) is 5.76. The van der Waals surface area contributed by atoms with E-state index in [1.165, 1.54) is 12.1 Å². The number of hydrogen-bond donors (Lipinski definition) is 2. The predicted molar refractivity (Wildman–Crippen MR) is 71.5 cm³/mol. The Morgan fingerprint density at radius 2 is 1.70 bits per heavy atom. The van der Waals surface area contributed by atoms with Crippen LogP contribution in [-0.2, 0) is 16.6 Å². The van der Waals surface area contributed by atoms with Crippen LogP contribution in [0.1, 0.15) is 5.56 Å². The number of halogens is 2. The lowest BCUT2D eigenvalue weighted by Gasteiger charge is -2.09. The molecule has 3 N–H and O–H groups in total. The molecular formula is C13H12F2N2O2S. The van der Waals surface area contributed by atoms with Gasteiger partial charge in [-0.3, -0.25) is 4.72 Å². The van der Waals surface area contributed by atoms with Crippen molar-refractivity contribution >= 4 is 15.7 Å². The summed E-state index contributed by atoms with van der Waals surface area (Å²) in [5, 5.41) is 0. The summed E-state index contributed by atoms with van der Waals surface area (Å²) in [6.07, 6.45) is 0. The standard InChI is InChI=1S/C13H12F2N2O2S/c14-10-2-4-11(5-3-10)20(18,19)17-13-6-1-9(8-16)7-12(13)15/h1-7,17H,8,16H2. The molecule has 0 saturated carbocycles. The highest BCUT2D eigenvalue weighted by molar-refractivity contribution is 7.92. The molecule has 0 atom stereocenters. The summed E-state index contributed by atoms with van der Waals surface area (Å²) < 4.78 is 52.6. The number of anilines is 1. The van der Waals surface area contributed by atoms with Crippen LogP contribution in [0.15, 0.2) is 47.4 Å². The van der Waals surface area contributed by atoms with Gasteiger partial charge in [0.2, 0.25) is 0 Å². The summed E-state index contributed by atoms with van der Waals surface area (Å²) in [7, 11) is -3.96. The lowest BCUT2D eigenvalue weighted by atomic mass is 10.2. The minimum absolute atomic E-state index is 0.152. The maximum absolute atomic E-state index is 13.7. The summed E-state index contributed by atoms with van der Waals surface area (Å²) in [5.74, 6) is -1.28. The molecule has 0 heterocycles. The van der Waals surface area contributed by atoms with E-state index in [1.807, 2.05) is 0 Å². The third kappa shape index (κ3) is 3.12. The average Bonchev–Trinajstić information content (AvgIpc) is 2.41. The van der Waals surface area contributed by atoms with Gasteiger partial charge in [-0.15, -0.1) is 0 Å². The Bertz CT molecular complexity index is 716. The van der Waals surface area contributed by atoms with Crippen molar-refractivity contribution in [1.29, 1.82) is 0 Å². The first-order valence-corrected chi connectivity index (χ1v) is 7.17. The average molecular weight is 298 g/mol. The molecule has 4 nitrogen and oxygen atoms in total. The van der Waals surface area contributed by atoms with Crippen molar-refractivity contribution in [3.63, 3.8) is 0 Å². The van der Waals surface area contributed by atoms with Crippen LogP contribution >= 0.6 is 0 Å². The Morgan fingerprint density at radius 1 is 1.05 bits per heavy atom. The van der Waals surface area contributed by atoms with Crippen LogP contribution in [0.5, 0.6) is 0 Å². The smallest absolute Gasteiger partial charge is 0.261 e. The Hall–Kier alpha value is -1.99. The lowest BCUT2D eigenvalue weighted by molar-refractivity contribution is 0.597. The third-order valence-corrected chi connectivity index (χ3v) is 4.02. The van der Waals surface area contributed by atoms with E-state index < -0.39 is 21.7 Å². The molecule has 0 aromatic heterocycles. The molecule has 2 rings (SSSR count). The van der Waals surface area contributed by atoms with Crippen molar-refractivity contribution in [1.82, 2.24) is 0 Å². The number of benzene rings is 2. The Kier molecular flexibility index (Phi) is 4.01. The minimum Gasteiger partial charge on any atom is -0.326 e. The van der Waals surface area contributed by atoms with E-state index in [9.17, 15) is 17.2 Å². The minimum atomic E-state index is -3.96. The van der Waals surface area contributed by atoms with Crippen LogP contribution in [0.3, 0.4) is 0 Å². The van der Waals surface area contributed by atoms with Crippen molar-refractivity contribution in [3.8, 4) is 0 Å². The summed E-state index contributed by atoms with van der Waals surface area (Å²) in [6.45, 7) is 0.155. The molecule has 0 amide bonds. The first-order valence-electron chi connectivity index (χ1n) is 5.69. The van der Waals surface area contributed by atoms with Gasteiger partial charge < -0.3 is 5.73 Å². The Balaban J connectivity index is 2.31. The molecule has 20 heavy (non-hydrogen) atoms. The molecule has 0 spiro atoms. The van der Waals surface area contributed by atoms with Gasteiger partial charge in [0.25, 0.3) is 10.0 Å². The van der Waals surface area contributed by atoms with E-state index in [4.69, 9.17) is 5.73 Å². The van der Waals surface area contributed by atoms with Gasteiger partial charge in [0.15, 0.2) is 0 Å². The number of hydrogen-bond acceptors (Lipinski definition) is 3. The maximum atomic E-state index is 13.7. The molecule has 7 heteroatoms. The summed E-state index contributed by atoms with van der Waals surface area (Å²) in [5.41, 5.74) is 5.72. The Labute approximate surface area is 115 Å². The molecule has 0 aliphatic rings. The van der Waals surface area contributed by atoms with Crippen LogP contribution in [-0.4, -0.2) is 8.42 Å². The van der Waals surface area contributed by atoms with Gasteiger partial charge in [-0.25, -0.2) is 17.2 Å². The summed E-state index contributed by atoms with van der Waals surface area (Å²) in [6, 6.07) is 8.20. The van der Waals surface area contributed by atoms with Gasteiger partial charge >= 0.3 is 0 Å². The SMILES string of the molecule is NCc1ccc(NS(=O)(=O)c2ccc(F)cc2)c(F)c1. The van der Waals surface area contributed by atoms with Crippen molar-refractivity contribution in [2.75, 3.05) is 4.72 Å². The zero-order chi connectivity index (χ0) is 14.8. The summed E-state index contributed by atoms with van der Waals surface area (Å²) in [4.78, 5) is -0.152. The van der Waals surface area contributed by atoms with Crippen molar-refractivity contribution < 1.29 is 17.2 Å². The van der Waals surface area contributed by atoms with Gasteiger partial charge in [-0.05, 0) is 42.0 Å². The highest BCUT2D eigenvalue weighted by Gasteiger charge is 2.16. The molecular weight excluding hydrogens is 286 g/mol. The Morgan fingerprint density at radius 3 is 2.25 bits per heavy atom. The maximum Gasteiger partial charge on any atom is 0.261 e. The molecule has 0 unspecified atom stereocenters. The van der Waals surface area contributed by atoms with E-state index in [1.54, 1.807) is 0 Å². The van der Waals surface area contributed by atoms with E-state index in [-0.39, 0.29) is 17.1 Å². The fraction of sp³-hybridized carbons (Fsp3) is 0.0769. The first-order chi connectivity index (χ1) is 9.42. The molecule has 0 radical (unpaired) electrons. The van der Waals surface area contributed by atoms with Gasteiger partial charge in [0.1, 0.15) is 11.6 Å². The highest BCUT2D eigenvalue weighted by Crippen LogP contribution is 2.20.